The van der Waals surface area contributed by atoms with Gasteiger partial charge in [-0.3, -0.25) is 9.59 Å². The molecule has 1 aliphatic rings. The van der Waals surface area contributed by atoms with Crippen LogP contribution in [0.3, 0.4) is 0 Å². The molecule has 0 radical (unpaired) electrons. The molecular formula is C19H24N4O3. The summed E-state index contributed by atoms with van der Waals surface area (Å²) in [6, 6.07) is 7.46. The molecule has 1 amide bonds. The van der Waals surface area contributed by atoms with Crippen LogP contribution < -0.4 is 15.6 Å². The average Bonchev–Trinajstić information content (AvgIpc) is 2.68. The van der Waals surface area contributed by atoms with Gasteiger partial charge in [-0.25, -0.2) is 0 Å². The summed E-state index contributed by atoms with van der Waals surface area (Å²) in [7, 11) is 1.59. The lowest BCUT2D eigenvalue weighted by atomic mass is 9.95. The number of aromatic amines is 1. The van der Waals surface area contributed by atoms with Crippen LogP contribution >= 0.6 is 0 Å². The van der Waals surface area contributed by atoms with Gasteiger partial charge in [0.05, 0.1) is 7.11 Å². The number of carbonyl (C=O) groups is 1. The van der Waals surface area contributed by atoms with Crippen molar-refractivity contribution in [3.05, 3.63) is 40.3 Å². The van der Waals surface area contributed by atoms with Crippen LogP contribution in [0, 0.1) is 0 Å². The fraction of sp³-hybridized carbons (Fsp3) is 0.474. The molecule has 0 aliphatic heterocycles. The number of amides is 1. The lowest BCUT2D eigenvalue weighted by Crippen LogP contribution is -2.36. The molecular weight excluding hydrogens is 332 g/mol. The minimum atomic E-state index is -0.309. The summed E-state index contributed by atoms with van der Waals surface area (Å²) in [6.07, 6.45) is 6.20. The predicted octanol–water partition coefficient (Wildman–Crippen LogP) is 2.22. The highest BCUT2D eigenvalue weighted by Gasteiger charge is 2.16. The van der Waals surface area contributed by atoms with Crippen molar-refractivity contribution in [1.29, 1.82) is 0 Å². The zero-order valence-corrected chi connectivity index (χ0v) is 15.0. The van der Waals surface area contributed by atoms with Gasteiger partial charge in [0.15, 0.2) is 5.82 Å². The minimum absolute atomic E-state index is 0.0302. The van der Waals surface area contributed by atoms with Gasteiger partial charge in [0.25, 0.3) is 5.56 Å². The molecule has 1 fully saturated rings. The number of aryl methyl sites for hydroxylation is 1. The highest BCUT2D eigenvalue weighted by molar-refractivity contribution is 5.76. The molecule has 0 atom stereocenters. The smallest absolute Gasteiger partial charge is 0.273 e. The molecule has 0 spiro atoms. The van der Waals surface area contributed by atoms with E-state index in [1.54, 1.807) is 31.4 Å². The van der Waals surface area contributed by atoms with Crippen LogP contribution in [-0.2, 0) is 11.2 Å². The number of benzene rings is 1. The van der Waals surface area contributed by atoms with Crippen LogP contribution in [0.25, 0.3) is 11.4 Å². The van der Waals surface area contributed by atoms with Gasteiger partial charge in [0, 0.05) is 24.4 Å². The Morgan fingerprint density at radius 3 is 2.58 bits per heavy atom. The minimum Gasteiger partial charge on any atom is -0.497 e. The summed E-state index contributed by atoms with van der Waals surface area (Å²) in [6.45, 7) is 0. The van der Waals surface area contributed by atoms with E-state index >= 15 is 0 Å². The number of H-pyrrole nitrogens is 1. The number of carbonyl (C=O) groups excluding carboxylic acids is 1. The predicted molar refractivity (Wildman–Crippen MR) is 98.0 cm³/mol. The molecule has 26 heavy (non-hydrogen) atoms. The molecule has 1 aromatic carbocycles. The molecule has 1 aromatic heterocycles. The van der Waals surface area contributed by atoms with E-state index in [9.17, 15) is 9.59 Å². The second-order valence-electron chi connectivity index (χ2n) is 6.58. The van der Waals surface area contributed by atoms with Gasteiger partial charge in [0.2, 0.25) is 5.91 Å². The quantitative estimate of drug-likeness (QED) is 0.827. The van der Waals surface area contributed by atoms with Crippen molar-refractivity contribution in [1.82, 2.24) is 20.5 Å². The van der Waals surface area contributed by atoms with Gasteiger partial charge in [-0.2, -0.15) is 0 Å². The molecule has 0 saturated heterocycles. The highest BCUT2D eigenvalue weighted by Crippen LogP contribution is 2.18. The topological polar surface area (TPSA) is 97.0 Å². The van der Waals surface area contributed by atoms with Gasteiger partial charge in [-0.15, -0.1) is 10.2 Å². The molecule has 2 aromatic rings. The number of hydrogen-bond donors (Lipinski definition) is 2. The first kappa shape index (κ1) is 18.1. The van der Waals surface area contributed by atoms with Gasteiger partial charge in [0.1, 0.15) is 11.4 Å². The van der Waals surface area contributed by atoms with Crippen molar-refractivity contribution >= 4 is 5.91 Å². The van der Waals surface area contributed by atoms with E-state index in [4.69, 9.17) is 4.74 Å². The number of ether oxygens (including phenoxy) is 1. The maximum atomic E-state index is 12.2. The summed E-state index contributed by atoms with van der Waals surface area (Å²) in [5.41, 5.74) is 0.717. The van der Waals surface area contributed by atoms with E-state index in [1.807, 2.05) is 0 Å². The largest absolute Gasteiger partial charge is 0.497 e. The van der Waals surface area contributed by atoms with Crippen molar-refractivity contribution in [2.45, 2.75) is 51.0 Å². The SMILES string of the molecule is COc1ccc(-c2nnc(CCC(=O)NC3CCCCC3)c(=O)[nH]2)cc1. The van der Waals surface area contributed by atoms with Crippen molar-refractivity contribution in [2.24, 2.45) is 0 Å². The van der Waals surface area contributed by atoms with Crippen LogP contribution in [0.4, 0.5) is 0 Å². The molecule has 0 bridgehead atoms. The molecule has 1 heterocycles. The first-order valence-corrected chi connectivity index (χ1v) is 9.05. The Morgan fingerprint density at radius 2 is 1.92 bits per heavy atom. The first-order chi connectivity index (χ1) is 12.7. The number of nitrogens with one attached hydrogen (secondary N) is 2. The van der Waals surface area contributed by atoms with Crippen molar-refractivity contribution in [3.63, 3.8) is 0 Å². The van der Waals surface area contributed by atoms with Crippen LogP contribution in [0.2, 0.25) is 0 Å². The van der Waals surface area contributed by atoms with E-state index in [0.29, 0.717) is 5.82 Å². The van der Waals surface area contributed by atoms with Crippen LogP contribution in [-0.4, -0.2) is 34.2 Å². The van der Waals surface area contributed by atoms with Crippen molar-refractivity contribution in [3.8, 4) is 17.1 Å². The standard InChI is InChI=1S/C19H24N4O3/c1-26-15-9-7-13(8-10-15)18-21-19(25)16(22-23-18)11-12-17(24)20-14-5-3-2-4-6-14/h7-10,14H,2-6,11-12H2,1H3,(H,20,24)(H,21,23,25). The molecule has 1 saturated carbocycles. The molecule has 1 aliphatic carbocycles. The summed E-state index contributed by atoms with van der Waals surface area (Å²) >= 11 is 0. The van der Waals surface area contributed by atoms with Gasteiger partial charge < -0.3 is 15.0 Å². The Bertz CT molecular complexity index is 795. The Kier molecular flexibility index (Phi) is 5.99. The summed E-state index contributed by atoms with van der Waals surface area (Å²) in [4.78, 5) is 27.0. The molecule has 7 nitrogen and oxygen atoms in total. The van der Waals surface area contributed by atoms with Crippen LogP contribution in [0.15, 0.2) is 29.1 Å². The van der Waals surface area contributed by atoms with Crippen LogP contribution in [0.1, 0.15) is 44.2 Å². The number of rotatable bonds is 6. The van der Waals surface area contributed by atoms with E-state index in [1.165, 1.54) is 19.3 Å². The van der Waals surface area contributed by atoms with Gasteiger partial charge in [-0.05, 0) is 37.1 Å². The normalized spacial score (nSPS) is 14.8. The monoisotopic (exact) mass is 356 g/mol. The molecule has 138 valence electrons. The lowest BCUT2D eigenvalue weighted by Gasteiger charge is -2.22. The second kappa shape index (κ2) is 8.60. The van der Waals surface area contributed by atoms with Crippen molar-refractivity contribution in [2.75, 3.05) is 7.11 Å². The maximum Gasteiger partial charge on any atom is 0.273 e. The van der Waals surface area contributed by atoms with Crippen LogP contribution in [0.5, 0.6) is 5.75 Å². The fourth-order valence-electron chi connectivity index (χ4n) is 3.18. The number of aromatic nitrogens is 3. The zero-order valence-electron chi connectivity index (χ0n) is 15.0. The van der Waals surface area contributed by atoms with E-state index in [0.717, 1.165) is 24.2 Å². The lowest BCUT2D eigenvalue weighted by molar-refractivity contribution is -0.122. The van der Waals surface area contributed by atoms with E-state index < -0.39 is 0 Å². The highest BCUT2D eigenvalue weighted by atomic mass is 16.5. The molecule has 7 heteroatoms. The summed E-state index contributed by atoms with van der Waals surface area (Å²) in [5.74, 6) is 1.09. The first-order valence-electron chi connectivity index (χ1n) is 9.05. The Balaban J connectivity index is 1.58. The Hall–Kier alpha value is -2.70. The summed E-state index contributed by atoms with van der Waals surface area (Å²) < 4.78 is 5.11. The third-order valence-electron chi connectivity index (χ3n) is 4.69. The third kappa shape index (κ3) is 4.68. The number of nitrogens with zero attached hydrogens (tertiary/aromatic N) is 2. The molecule has 2 N–H and O–H groups in total. The zero-order chi connectivity index (χ0) is 18.4. The van der Waals surface area contributed by atoms with Gasteiger partial charge in [-0.1, -0.05) is 19.3 Å². The number of methoxy groups -OCH3 is 1. The third-order valence-corrected chi connectivity index (χ3v) is 4.69. The van der Waals surface area contributed by atoms with E-state index in [2.05, 4.69) is 20.5 Å². The fourth-order valence-corrected chi connectivity index (χ4v) is 3.18. The Morgan fingerprint density at radius 1 is 1.19 bits per heavy atom. The summed E-state index contributed by atoms with van der Waals surface area (Å²) in [5, 5.41) is 11.1. The maximum absolute atomic E-state index is 12.2. The number of hydrogen-bond acceptors (Lipinski definition) is 5. The molecule has 3 rings (SSSR count). The van der Waals surface area contributed by atoms with E-state index in [-0.39, 0.29) is 36.0 Å². The molecule has 0 unspecified atom stereocenters. The second-order valence-corrected chi connectivity index (χ2v) is 6.58. The Labute approximate surface area is 152 Å². The van der Waals surface area contributed by atoms with Crippen molar-refractivity contribution < 1.29 is 9.53 Å². The average molecular weight is 356 g/mol. The van der Waals surface area contributed by atoms with Gasteiger partial charge >= 0.3 is 0 Å².